The standard InChI is InChI=1S/C13H19FN4O2S/c1-9-3-2-6-18(8-9)21(19,20)17-12-5-4-10(14)7-11(12)13(15)16/h4-5,7,9,17H,2-3,6,8H2,1H3,(H3,15,16). The number of hydrogen-bond acceptors (Lipinski definition) is 3. The summed E-state index contributed by atoms with van der Waals surface area (Å²) in [6.45, 7) is 2.91. The fraction of sp³-hybridized carbons (Fsp3) is 0.462. The lowest BCUT2D eigenvalue weighted by Crippen LogP contribution is -2.42. The summed E-state index contributed by atoms with van der Waals surface area (Å²) in [4.78, 5) is 0. The molecule has 1 aliphatic rings. The second-order valence-electron chi connectivity index (χ2n) is 5.32. The van der Waals surface area contributed by atoms with Crippen molar-refractivity contribution in [3.05, 3.63) is 29.6 Å². The zero-order valence-electron chi connectivity index (χ0n) is 11.8. The van der Waals surface area contributed by atoms with Crippen LogP contribution in [0.5, 0.6) is 0 Å². The molecule has 21 heavy (non-hydrogen) atoms. The highest BCUT2D eigenvalue weighted by atomic mass is 32.2. The highest BCUT2D eigenvalue weighted by Crippen LogP contribution is 2.22. The third kappa shape index (κ3) is 3.70. The topological polar surface area (TPSA) is 99.3 Å². The normalized spacial score (nSPS) is 20.2. The third-order valence-electron chi connectivity index (χ3n) is 3.47. The van der Waals surface area contributed by atoms with E-state index in [2.05, 4.69) is 4.72 Å². The minimum Gasteiger partial charge on any atom is -0.384 e. The number of nitrogen functional groups attached to an aromatic ring is 1. The van der Waals surface area contributed by atoms with Gasteiger partial charge in [-0.3, -0.25) is 10.1 Å². The number of nitrogens with two attached hydrogens (primary N) is 1. The molecule has 1 aliphatic heterocycles. The first-order chi connectivity index (χ1) is 9.79. The van der Waals surface area contributed by atoms with Gasteiger partial charge in [0.15, 0.2) is 0 Å². The second-order valence-corrected chi connectivity index (χ2v) is 6.99. The lowest BCUT2D eigenvalue weighted by atomic mass is 10.0. The molecule has 0 saturated carbocycles. The summed E-state index contributed by atoms with van der Waals surface area (Å²) in [5.74, 6) is -0.662. The van der Waals surface area contributed by atoms with Gasteiger partial charge < -0.3 is 5.73 Å². The predicted molar refractivity (Wildman–Crippen MR) is 79.9 cm³/mol. The highest BCUT2D eigenvalue weighted by Gasteiger charge is 2.27. The zero-order valence-corrected chi connectivity index (χ0v) is 12.6. The van der Waals surface area contributed by atoms with E-state index in [1.807, 2.05) is 6.92 Å². The van der Waals surface area contributed by atoms with Gasteiger partial charge in [-0.05, 0) is 37.0 Å². The molecule has 1 atom stereocenters. The van der Waals surface area contributed by atoms with Gasteiger partial charge in [-0.2, -0.15) is 12.7 Å². The number of hydrogen-bond donors (Lipinski definition) is 3. The van der Waals surface area contributed by atoms with E-state index < -0.39 is 16.0 Å². The Bertz CT molecular complexity index is 648. The second kappa shape index (κ2) is 5.98. The summed E-state index contributed by atoms with van der Waals surface area (Å²) in [5, 5.41) is 7.42. The molecular weight excluding hydrogens is 295 g/mol. The van der Waals surface area contributed by atoms with Crippen LogP contribution in [0, 0.1) is 17.1 Å². The van der Waals surface area contributed by atoms with Crippen LogP contribution in [-0.2, 0) is 10.2 Å². The van der Waals surface area contributed by atoms with E-state index in [-0.39, 0.29) is 17.1 Å². The first kappa shape index (κ1) is 15.7. The van der Waals surface area contributed by atoms with Gasteiger partial charge in [0, 0.05) is 18.7 Å². The van der Waals surface area contributed by atoms with Gasteiger partial charge in [-0.1, -0.05) is 6.92 Å². The molecule has 1 unspecified atom stereocenters. The third-order valence-corrected chi connectivity index (χ3v) is 4.96. The van der Waals surface area contributed by atoms with E-state index >= 15 is 0 Å². The van der Waals surface area contributed by atoms with Crippen LogP contribution in [0.2, 0.25) is 0 Å². The minimum absolute atomic E-state index is 0.0311. The molecule has 1 fully saturated rings. The number of rotatable bonds is 4. The van der Waals surface area contributed by atoms with Crippen LogP contribution >= 0.6 is 0 Å². The Kier molecular flexibility index (Phi) is 4.48. The summed E-state index contributed by atoms with van der Waals surface area (Å²) >= 11 is 0. The fourth-order valence-electron chi connectivity index (χ4n) is 2.40. The number of halogens is 1. The van der Waals surface area contributed by atoms with Gasteiger partial charge in [0.05, 0.1) is 5.69 Å². The van der Waals surface area contributed by atoms with Crippen LogP contribution in [-0.4, -0.2) is 31.6 Å². The first-order valence-corrected chi connectivity index (χ1v) is 8.15. The molecule has 1 heterocycles. The average molecular weight is 314 g/mol. The molecule has 1 aromatic rings. The van der Waals surface area contributed by atoms with Gasteiger partial charge in [0.2, 0.25) is 0 Å². The SMILES string of the molecule is CC1CCCN(S(=O)(=O)Nc2ccc(F)cc2C(=N)N)C1. The maximum Gasteiger partial charge on any atom is 0.301 e. The lowest BCUT2D eigenvalue weighted by molar-refractivity contribution is 0.282. The molecule has 116 valence electrons. The minimum atomic E-state index is -3.73. The van der Waals surface area contributed by atoms with E-state index in [1.54, 1.807) is 0 Å². The molecule has 2 rings (SSSR count). The number of nitrogens with zero attached hydrogens (tertiary/aromatic N) is 1. The Hall–Kier alpha value is -1.67. The summed E-state index contributed by atoms with van der Waals surface area (Å²) < 4.78 is 41.7. The summed E-state index contributed by atoms with van der Waals surface area (Å²) in [5.41, 5.74) is 5.52. The summed E-state index contributed by atoms with van der Waals surface area (Å²) in [6, 6.07) is 3.44. The van der Waals surface area contributed by atoms with Gasteiger partial charge in [-0.25, -0.2) is 4.39 Å². The van der Waals surface area contributed by atoms with Crippen molar-refractivity contribution in [1.29, 1.82) is 5.41 Å². The quantitative estimate of drug-likeness (QED) is 0.580. The van der Waals surface area contributed by atoms with E-state index in [9.17, 15) is 12.8 Å². The summed E-state index contributed by atoms with van der Waals surface area (Å²) in [6.07, 6.45) is 1.81. The number of anilines is 1. The molecule has 4 N–H and O–H groups in total. The Labute approximate surface area is 123 Å². The Morgan fingerprint density at radius 3 is 2.86 bits per heavy atom. The highest BCUT2D eigenvalue weighted by molar-refractivity contribution is 7.90. The van der Waals surface area contributed by atoms with Gasteiger partial charge in [0.25, 0.3) is 0 Å². The largest absolute Gasteiger partial charge is 0.384 e. The van der Waals surface area contributed by atoms with Crippen molar-refractivity contribution >= 4 is 21.7 Å². The van der Waals surface area contributed by atoms with E-state index in [1.165, 1.54) is 10.4 Å². The van der Waals surface area contributed by atoms with E-state index in [0.717, 1.165) is 25.0 Å². The predicted octanol–water partition coefficient (Wildman–Crippen LogP) is 1.50. The Morgan fingerprint density at radius 1 is 1.52 bits per heavy atom. The van der Waals surface area contributed by atoms with Crippen molar-refractivity contribution in [2.45, 2.75) is 19.8 Å². The van der Waals surface area contributed by atoms with Crippen LogP contribution in [0.25, 0.3) is 0 Å². The zero-order chi connectivity index (χ0) is 15.6. The van der Waals surface area contributed by atoms with Gasteiger partial charge >= 0.3 is 10.2 Å². The lowest BCUT2D eigenvalue weighted by Gasteiger charge is -2.30. The van der Waals surface area contributed by atoms with Crippen LogP contribution in [0.1, 0.15) is 25.3 Å². The van der Waals surface area contributed by atoms with Crippen molar-refractivity contribution in [2.75, 3.05) is 17.8 Å². The van der Waals surface area contributed by atoms with Crippen LogP contribution in [0.4, 0.5) is 10.1 Å². The van der Waals surface area contributed by atoms with E-state index in [4.69, 9.17) is 11.1 Å². The van der Waals surface area contributed by atoms with Gasteiger partial charge in [0.1, 0.15) is 11.7 Å². The smallest absolute Gasteiger partial charge is 0.301 e. The van der Waals surface area contributed by atoms with Crippen molar-refractivity contribution in [3.63, 3.8) is 0 Å². The monoisotopic (exact) mass is 314 g/mol. The van der Waals surface area contributed by atoms with Crippen molar-refractivity contribution < 1.29 is 12.8 Å². The van der Waals surface area contributed by atoms with Crippen molar-refractivity contribution in [3.8, 4) is 0 Å². The maximum atomic E-state index is 13.2. The molecule has 0 spiro atoms. The maximum absolute atomic E-state index is 13.2. The van der Waals surface area contributed by atoms with Crippen LogP contribution in [0.3, 0.4) is 0 Å². The average Bonchev–Trinajstić information content (AvgIpc) is 2.40. The molecule has 0 bridgehead atoms. The number of benzene rings is 1. The van der Waals surface area contributed by atoms with Crippen molar-refractivity contribution in [2.24, 2.45) is 11.7 Å². The molecule has 0 aromatic heterocycles. The first-order valence-electron chi connectivity index (χ1n) is 6.71. The molecule has 0 aliphatic carbocycles. The molecule has 1 saturated heterocycles. The molecule has 1 aromatic carbocycles. The molecule has 0 radical (unpaired) electrons. The van der Waals surface area contributed by atoms with Crippen molar-refractivity contribution in [1.82, 2.24) is 4.31 Å². The van der Waals surface area contributed by atoms with E-state index in [0.29, 0.717) is 19.0 Å². The fourth-order valence-corrected chi connectivity index (χ4v) is 3.80. The summed E-state index contributed by atoms with van der Waals surface area (Å²) in [7, 11) is -3.73. The molecular formula is C13H19FN4O2S. The van der Waals surface area contributed by atoms with Crippen LogP contribution < -0.4 is 10.5 Å². The number of nitrogens with one attached hydrogen (secondary N) is 2. The molecule has 8 heteroatoms. The van der Waals surface area contributed by atoms with Crippen LogP contribution in [0.15, 0.2) is 18.2 Å². The molecule has 6 nitrogen and oxygen atoms in total. The van der Waals surface area contributed by atoms with Gasteiger partial charge in [-0.15, -0.1) is 0 Å². The number of piperidine rings is 1. The Morgan fingerprint density at radius 2 is 2.24 bits per heavy atom. The molecule has 0 amide bonds. The Balaban J connectivity index is 2.26. The number of amidine groups is 1.